The Hall–Kier alpha value is -2.35. The van der Waals surface area contributed by atoms with Crippen LogP contribution in [0.5, 0.6) is 0 Å². The van der Waals surface area contributed by atoms with Gasteiger partial charge in [0.25, 0.3) is 11.8 Å². The molecule has 1 fully saturated rings. The van der Waals surface area contributed by atoms with E-state index in [1.165, 1.54) is 19.2 Å². The number of alkyl halides is 2. The van der Waals surface area contributed by atoms with Gasteiger partial charge in [0.05, 0.1) is 11.1 Å². The van der Waals surface area contributed by atoms with E-state index in [4.69, 9.17) is 9.57 Å². The summed E-state index contributed by atoms with van der Waals surface area (Å²) in [6, 6.07) is 6.11. The molecule has 1 aliphatic carbocycles. The summed E-state index contributed by atoms with van der Waals surface area (Å²) in [6.07, 6.45) is -2.17. The molecular formula is C17H17F2NO5. The van der Waals surface area contributed by atoms with Crippen molar-refractivity contribution in [1.29, 1.82) is 0 Å². The highest BCUT2D eigenvalue weighted by atomic mass is 19.3. The van der Waals surface area contributed by atoms with E-state index in [2.05, 4.69) is 0 Å². The molecule has 1 aromatic rings. The van der Waals surface area contributed by atoms with Crippen LogP contribution >= 0.6 is 0 Å². The van der Waals surface area contributed by atoms with E-state index in [0.29, 0.717) is 5.06 Å². The van der Waals surface area contributed by atoms with Crippen molar-refractivity contribution in [2.75, 3.05) is 7.11 Å². The molecule has 0 unspecified atom stereocenters. The fraction of sp³-hybridized carbons (Fsp3) is 0.471. The predicted octanol–water partition coefficient (Wildman–Crippen LogP) is 2.58. The summed E-state index contributed by atoms with van der Waals surface area (Å²) < 4.78 is 30.9. The van der Waals surface area contributed by atoms with Gasteiger partial charge in [0, 0.05) is 13.0 Å². The number of hydrogen-bond acceptors (Lipinski definition) is 5. The van der Waals surface area contributed by atoms with Gasteiger partial charge in [0.15, 0.2) is 5.60 Å². The number of carbonyl (C=O) groups excluding carboxylic acids is 3. The summed E-state index contributed by atoms with van der Waals surface area (Å²) in [6.45, 7) is 0. The summed E-state index contributed by atoms with van der Waals surface area (Å²) in [7, 11) is 1.28. The number of imide groups is 1. The second kappa shape index (κ2) is 6.51. The number of carbonyl (C=O) groups is 3. The molecule has 6 nitrogen and oxygen atoms in total. The number of benzene rings is 1. The first-order valence-corrected chi connectivity index (χ1v) is 7.93. The molecule has 0 N–H and O–H groups in total. The second-order valence-electron chi connectivity index (χ2n) is 6.20. The summed E-state index contributed by atoms with van der Waals surface area (Å²) in [5, 5.41) is 0.410. The van der Waals surface area contributed by atoms with E-state index in [9.17, 15) is 23.2 Å². The van der Waals surface area contributed by atoms with Crippen LogP contribution in [0.2, 0.25) is 0 Å². The molecule has 8 heteroatoms. The minimum Gasteiger partial charge on any atom is -0.366 e. The number of hydrogen-bond donors (Lipinski definition) is 0. The Kier molecular flexibility index (Phi) is 4.55. The molecule has 1 aliphatic heterocycles. The monoisotopic (exact) mass is 353 g/mol. The van der Waals surface area contributed by atoms with Gasteiger partial charge in [-0.1, -0.05) is 17.2 Å². The quantitative estimate of drug-likeness (QED) is 0.778. The van der Waals surface area contributed by atoms with Crippen molar-refractivity contribution in [2.45, 2.75) is 37.7 Å². The fourth-order valence-corrected chi connectivity index (χ4v) is 3.27. The van der Waals surface area contributed by atoms with E-state index in [0.717, 1.165) is 0 Å². The van der Waals surface area contributed by atoms with Gasteiger partial charge in [-0.25, -0.2) is 13.6 Å². The highest BCUT2D eigenvalue weighted by molar-refractivity contribution is 6.20. The molecule has 0 saturated heterocycles. The molecule has 0 spiro atoms. The number of hydroxylamine groups is 2. The number of rotatable bonds is 4. The molecule has 2 aliphatic rings. The van der Waals surface area contributed by atoms with Crippen LogP contribution in [-0.2, 0) is 14.4 Å². The van der Waals surface area contributed by atoms with Crippen LogP contribution < -0.4 is 0 Å². The molecule has 134 valence electrons. The third-order valence-corrected chi connectivity index (χ3v) is 4.89. The molecule has 1 heterocycles. The molecule has 2 amide bonds. The topological polar surface area (TPSA) is 72.9 Å². The van der Waals surface area contributed by atoms with Crippen LogP contribution in [-0.4, -0.2) is 42.0 Å². The first kappa shape index (κ1) is 17.5. The summed E-state index contributed by atoms with van der Waals surface area (Å²) in [5.41, 5.74) is -1.14. The Labute approximate surface area is 142 Å². The van der Waals surface area contributed by atoms with Gasteiger partial charge in [0.1, 0.15) is 0 Å². The number of methoxy groups -OCH3 is 1. The number of nitrogens with zero attached hydrogens (tertiary/aromatic N) is 1. The predicted molar refractivity (Wildman–Crippen MR) is 80.7 cm³/mol. The number of halogens is 2. The van der Waals surface area contributed by atoms with Gasteiger partial charge < -0.3 is 9.57 Å². The van der Waals surface area contributed by atoms with E-state index in [-0.39, 0.29) is 36.8 Å². The van der Waals surface area contributed by atoms with Gasteiger partial charge in [0.2, 0.25) is 6.43 Å². The van der Waals surface area contributed by atoms with E-state index < -0.39 is 35.7 Å². The molecule has 0 atom stereocenters. The normalized spacial score (nSPS) is 26.1. The van der Waals surface area contributed by atoms with Gasteiger partial charge in [-0.3, -0.25) is 9.59 Å². The van der Waals surface area contributed by atoms with E-state index in [1.807, 2.05) is 0 Å². The first-order valence-electron chi connectivity index (χ1n) is 7.93. The average molecular weight is 353 g/mol. The molecule has 0 bridgehead atoms. The minimum absolute atomic E-state index is 0.0422. The summed E-state index contributed by atoms with van der Waals surface area (Å²) in [4.78, 5) is 42.1. The van der Waals surface area contributed by atoms with Gasteiger partial charge >= 0.3 is 5.97 Å². The van der Waals surface area contributed by atoms with Crippen molar-refractivity contribution in [1.82, 2.24) is 5.06 Å². The Morgan fingerprint density at radius 3 is 2.12 bits per heavy atom. The molecule has 1 aromatic carbocycles. The lowest BCUT2D eigenvalue weighted by molar-refractivity contribution is -0.199. The summed E-state index contributed by atoms with van der Waals surface area (Å²) >= 11 is 0. The van der Waals surface area contributed by atoms with Crippen molar-refractivity contribution < 1.29 is 32.7 Å². The van der Waals surface area contributed by atoms with E-state index >= 15 is 0 Å². The van der Waals surface area contributed by atoms with Crippen molar-refractivity contribution >= 4 is 17.8 Å². The third kappa shape index (κ3) is 2.90. The molecule has 1 saturated carbocycles. The van der Waals surface area contributed by atoms with Crippen molar-refractivity contribution in [3.05, 3.63) is 35.4 Å². The maximum atomic E-state index is 12.8. The number of fused-ring (bicyclic) bond motifs is 1. The van der Waals surface area contributed by atoms with Crippen LogP contribution in [0.1, 0.15) is 46.4 Å². The standard InChI is InChI=1S/C17H17F2NO5/c1-24-17(8-6-10(7-9-17)13(18)19)16(23)25-20-14(21)11-4-2-3-5-12(11)15(20)22/h2-5,10,13H,6-9H2,1H3. The Balaban J connectivity index is 1.74. The molecule has 0 radical (unpaired) electrons. The largest absolute Gasteiger partial charge is 0.366 e. The van der Waals surface area contributed by atoms with Crippen molar-refractivity contribution in [2.24, 2.45) is 5.92 Å². The lowest BCUT2D eigenvalue weighted by Crippen LogP contribution is -2.49. The zero-order valence-electron chi connectivity index (χ0n) is 13.5. The molecule has 3 rings (SSSR count). The van der Waals surface area contributed by atoms with E-state index in [1.54, 1.807) is 12.1 Å². The first-order chi connectivity index (χ1) is 11.9. The Morgan fingerprint density at radius 1 is 1.16 bits per heavy atom. The van der Waals surface area contributed by atoms with Crippen molar-refractivity contribution in [3.63, 3.8) is 0 Å². The Bertz CT molecular complexity index is 678. The lowest BCUT2D eigenvalue weighted by Gasteiger charge is -2.36. The zero-order chi connectivity index (χ0) is 18.2. The zero-order valence-corrected chi connectivity index (χ0v) is 13.5. The average Bonchev–Trinajstić information content (AvgIpc) is 2.87. The molecular weight excluding hydrogens is 336 g/mol. The van der Waals surface area contributed by atoms with Crippen LogP contribution in [0.15, 0.2) is 24.3 Å². The maximum absolute atomic E-state index is 12.8. The van der Waals surface area contributed by atoms with Crippen LogP contribution in [0.25, 0.3) is 0 Å². The number of ether oxygens (including phenoxy) is 1. The maximum Gasteiger partial charge on any atom is 0.364 e. The van der Waals surface area contributed by atoms with Crippen LogP contribution in [0.3, 0.4) is 0 Å². The number of amides is 2. The highest BCUT2D eigenvalue weighted by Gasteiger charge is 2.48. The van der Waals surface area contributed by atoms with Crippen LogP contribution in [0.4, 0.5) is 8.78 Å². The SMILES string of the molecule is COC1(C(=O)ON2C(=O)c3ccccc3C2=O)CCC(C(F)F)CC1. The highest BCUT2D eigenvalue weighted by Crippen LogP contribution is 2.38. The smallest absolute Gasteiger partial charge is 0.364 e. The molecule has 0 aromatic heterocycles. The van der Waals surface area contributed by atoms with Gasteiger partial charge in [-0.05, 0) is 37.8 Å². The van der Waals surface area contributed by atoms with Gasteiger partial charge in [-0.2, -0.15) is 0 Å². The van der Waals surface area contributed by atoms with Crippen LogP contribution in [0, 0.1) is 5.92 Å². The Morgan fingerprint density at radius 2 is 1.68 bits per heavy atom. The second-order valence-corrected chi connectivity index (χ2v) is 6.20. The van der Waals surface area contributed by atoms with Crippen molar-refractivity contribution in [3.8, 4) is 0 Å². The third-order valence-electron chi connectivity index (χ3n) is 4.89. The summed E-state index contributed by atoms with van der Waals surface area (Å²) in [5.74, 6) is -3.18. The van der Waals surface area contributed by atoms with Gasteiger partial charge in [-0.15, -0.1) is 0 Å². The lowest BCUT2D eigenvalue weighted by atomic mass is 9.79. The fourth-order valence-electron chi connectivity index (χ4n) is 3.27. The molecule has 25 heavy (non-hydrogen) atoms. The minimum atomic E-state index is -2.46.